The summed E-state index contributed by atoms with van der Waals surface area (Å²) in [7, 11) is 0. The Kier molecular flexibility index (Phi) is 4.24. The van der Waals surface area contributed by atoms with Gasteiger partial charge in [-0.1, -0.05) is 72.3 Å². The van der Waals surface area contributed by atoms with Crippen LogP contribution in [-0.2, 0) is 9.53 Å². The van der Waals surface area contributed by atoms with Gasteiger partial charge in [0.15, 0.2) is 0 Å². The number of hydrogen-bond donors (Lipinski definition) is 2. The Labute approximate surface area is 174 Å². The Bertz CT molecular complexity index is 1250. The molecule has 2 aliphatic rings. The summed E-state index contributed by atoms with van der Waals surface area (Å²) in [5.74, 6) is -1.01. The van der Waals surface area contributed by atoms with E-state index >= 15 is 0 Å². The van der Waals surface area contributed by atoms with Gasteiger partial charge in [0.05, 0.1) is 22.9 Å². The van der Waals surface area contributed by atoms with Crippen molar-refractivity contribution in [2.45, 2.75) is 12.8 Å². The predicted octanol–water partition coefficient (Wildman–Crippen LogP) is 4.10. The van der Waals surface area contributed by atoms with Crippen molar-refractivity contribution in [1.29, 1.82) is 5.41 Å². The first-order chi connectivity index (χ1) is 14.5. The van der Waals surface area contributed by atoms with Crippen LogP contribution in [0.15, 0.2) is 83.0 Å². The SMILES string of the molecule is Cc1ccc(C(=N)C2C(N)=NC3=C(C(=O)OC3)C2c2cccc3ccccc23)cc1. The Balaban J connectivity index is 1.72. The summed E-state index contributed by atoms with van der Waals surface area (Å²) in [6.07, 6.45) is 0. The third-order valence-corrected chi connectivity index (χ3v) is 5.93. The number of ether oxygens (including phenoxy) is 1. The lowest BCUT2D eigenvalue weighted by Gasteiger charge is -2.31. The fourth-order valence-corrected chi connectivity index (χ4v) is 4.45. The summed E-state index contributed by atoms with van der Waals surface area (Å²) in [6, 6.07) is 21.9. The van der Waals surface area contributed by atoms with Gasteiger partial charge in [-0.3, -0.25) is 0 Å². The molecule has 30 heavy (non-hydrogen) atoms. The summed E-state index contributed by atoms with van der Waals surface area (Å²) in [4.78, 5) is 17.2. The number of hydrogen-bond acceptors (Lipinski definition) is 5. The van der Waals surface area contributed by atoms with Gasteiger partial charge in [0.25, 0.3) is 0 Å². The molecular weight excluding hydrogens is 374 g/mol. The molecule has 0 spiro atoms. The van der Waals surface area contributed by atoms with E-state index in [1.54, 1.807) is 0 Å². The van der Waals surface area contributed by atoms with Gasteiger partial charge in [0.2, 0.25) is 0 Å². The quantitative estimate of drug-likeness (QED) is 0.517. The molecule has 0 aliphatic carbocycles. The fourth-order valence-electron chi connectivity index (χ4n) is 4.45. The Morgan fingerprint density at radius 1 is 1.07 bits per heavy atom. The molecule has 2 heterocycles. The zero-order valence-corrected chi connectivity index (χ0v) is 16.6. The molecule has 3 N–H and O–H groups in total. The van der Waals surface area contributed by atoms with Crippen molar-refractivity contribution >= 4 is 28.3 Å². The highest BCUT2D eigenvalue weighted by Gasteiger charge is 2.44. The van der Waals surface area contributed by atoms with Crippen LogP contribution in [0.4, 0.5) is 0 Å². The molecule has 0 fully saturated rings. The van der Waals surface area contributed by atoms with Crippen molar-refractivity contribution in [3.63, 3.8) is 0 Å². The van der Waals surface area contributed by atoms with E-state index in [1.807, 2.05) is 73.7 Å². The monoisotopic (exact) mass is 395 g/mol. The zero-order chi connectivity index (χ0) is 20.8. The topological polar surface area (TPSA) is 88.5 Å². The number of nitrogens with two attached hydrogens (primary N) is 1. The standard InChI is InChI=1S/C25H21N3O2/c1-14-9-11-16(12-10-14)23(26)22-20(21-19(28-24(22)27)13-30-25(21)29)18-8-4-6-15-5-2-3-7-17(15)18/h2-12,20,22,26H,13H2,1H3,(H2,27,28). The highest BCUT2D eigenvalue weighted by molar-refractivity contribution is 6.16. The van der Waals surface area contributed by atoms with Crippen LogP contribution in [0.2, 0.25) is 0 Å². The number of rotatable bonds is 3. The number of fused-ring (bicyclic) bond motifs is 1. The number of esters is 1. The summed E-state index contributed by atoms with van der Waals surface area (Å²) in [5.41, 5.74) is 10.7. The molecule has 5 heteroatoms. The van der Waals surface area contributed by atoms with Gasteiger partial charge in [0, 0.05) is 5.92 Å². The molecule has 2 aliphatic heterocycles. The molecule has 3 aromatic rings. The van der Waals surface area contributed by atoms with E-state index in [4.69, 9.17) is 15.9 Å². The molecule has 148 valence electrons. The minimum Gasteiger partial charge on any atom is -0.456 e. The third-order valence-electron chi connectivity index (χ3n) is 5.93. The molecule has 2 unspecified atom stereocenters. The zero-order valence-electron chi connectivity index (χ0n) is 16.6. The van der Waals surface area contributed by atoms with Crippen LogP contribution in [0.3, 0.4) is 0 Å². The van der Waals surface area contributed by atoms with Crippen LogP contribution >= 0.6 is 0 Å². The van der Waals surface area contributed by atoms with Crippen molar-refractivity contribution < 1.29 is 9.53 Å². The second-order valence-electron chi connectivity index (χ2n) is 7.78. The molecule has 0 bridgehead atoms. The van der Waals surface area contributed by atoms with Crippen molar-refractivity contribution in [3.05, 3.63) is 94.7 Å². The van der Waals surface area contributed by atoms with E-state index in [1.165, 1.54) is 0 Å². The maximum absolute atomic E-state index is 12.7. The second-order valence-corrected chi connectivity index (χ2v) is 7.78. The van der Waals surface area contributed by atoms with Gasteiger partial charge in [0.1, 0.15) is 12.4 Å². The van der Waals surface area contributed by atoms with E-state index in [-0.39, 0.29) is 12.6 Å². The second kappa shape index (κ2) is 6.95. The maximum Gasteiger partial charge on any atom is 0.337 e. The molecular formula is C25H21N3O2. The van der Waals surface area contributed by atoms with Crippen molar-refractivity contribution in [1.82, 2.24) is 0 Å². The number of cyclic esters (lactones) is 1. The van der Waals surface area contributed by atoms with Gasteiger partial charge < -0.3 is 15.9 Å². The summed E-state index contributed by atoms with van der Waals surface area (Å²) in [5, 5.41) is 11.1. The van der Waals surface area contributed by atoms with E-state index < -0.39 is 11.8 Å². The van der Waals surface area contributed by atoms with Crippen molar-refractivity contribution in [3.8, 4) is 0 Å². The van der Waals surface area contributed by atoms with Crippen LogP contribution < -0.4 is 5.73 Å². The largest absolute Gasteiger partial charge is 0.456 e. The number of carbonyl (C=O) groups excluding carboxylic acids is 1. The number of carbonyl (C=O) groups is 1. The lowest BCUT2D eigenvalue weighted by Crippen LogP contribution is -2.39. The Morgan fingerprint density at radius 2 is 1.80 bits per heavy atom. The number of aryl methyl sites for hydroxylation is 1. The molecule has 0 saturated heterocycles. The van der Waals surface area contributed by atoms with Gasteiger partial charge in [-0.05, 0) is 28.8 Å². The number of aliphatic imine (C=N–C) groups is 1. The van der Waals surface area contributed by atoms with Crippen LogP contribution in [0.1, 0.15) is 22.6 Å². The van der Waals surface area contributed by atoms with E-state index in [9.17, 15) is 4.79 Å². The van der Waals surface area contributed by atoms with Crippen LogP contribution in [-0.4, -0.2) is 24.1 Å². The van der Waals surface area contributed by atoms with Crippen LogP contribution in [0, 0.1) is 18.3 Å². The lowest BCUT2D eigenvalue weighted by molar-refractivity contribution is -0.136. The lowest BCUT2D eigenvalue weighted by atomic mass is 9.73. The number of nitrogens with one attached hydrogen (secondary N) is 1. The van der Waals surface area contributed by atoms with E-state index in [2.05, 4.69) is 4.99 Å². The van der Waals surface area contributed by atoms with Gasteiger partial charge in [-0.15, -0.1) is 0 Å². The first-order valence-corrected chi connectivity index (χ1v) is 9.92. The molecule has 0 amide bonds. The van der Waals surface area contributed by atoms with Crippen LogP contribution in [0.25, 0.3) is 10.8 Å². The summed E-state index contributed by atoms with van der Waals surface area (Å²) in [6.45, 7) is 2.13. The molecule has 5 nitrogen and oxygen atoms in total. The first kappa shape index (κ1) is 18.3. The molecule has 0 radical (unpaired) electrons. The third kappa shape index (κ3) is 2.82. The average Bonchev–Trinajstić information content (AvgIpc) is 3.12. The van der Waals surface area contributed by atoms with E-state index in [0.717, 1.165) is 27.5 Å². The van der Waals surface area contributed by atoms with Gasteiger partial charge in [-0.2, -0.15) is 0 Å². The molecule has 0 aromatic heterocycles. The first-order valence-electron chi connectivity index (χ1n) is 9.92. The number of nitrogens with zero attached hydrogens (tertiary/aromatic N) is 1. The predicted molar refractivity (Wildman–Crippen MR) is 118 cm³/mol. The highest BCUT2D eigenvalue weighted by atomic mass is 16.5. The Morgan fingerprint density at radius 3 is 2.60 bits per heavy atom. The molecule has 2 atom stereocenters. The smallest absolute Gasteiger partial charge is 0.337 e. The Hall–Kier alpha value is -3.73. The van der Waals surface area contributed by atoms with Crippen LogP contribution in [0.5, 0.6) is 0 Å². The summed E-state index contributed by atoms with van der Waals surface area (Å²) >= 11 is 0. The van der Waals surface area contributed by atoms with Crippen molar-refractivity contribution in [2.24, 2.45) is 16.6 Å². The fraction of sp³-hybridized carbons (Fsp3) is 0.160. The van der Waals surface area contributed by atoms with Gasteiger partial charge in [-0.25, -0.2) is 9.79 Å². The maximum atomic E-state index is 12.7. The number of amidine groups is 1. The number of benzene rings is 3. The molecule has 3 aromatic carbocycles. The molecule has 0 saturated carbocycles. The molecule has 5 rings (SSSR count). The minimum absolute atomic E-state index is 0.126. The minimum atomic E-state index is -0.553. The van der Waals surface area contributed by atoms with Gasteiger partial charge >= 0.3 is 5.97 Å². The normalized spacial score (nSPS) is 20.7. The average molecular weight is 395 g/mol. The van der Waals surface area contributed by atoms with E-state index in [0.29, 0.717) is 22.8 Å². The van der Waals surface area contributed by atoms with Crippen molar-refractivity contribution in [2.75, 3.05) is 6.61 Å². The highest BCUT2D eigenvalue weighted by Crippen LogP contribution is 2.44. The summed E-state index contributed by atoms with van der Waals surface area (Å²) < 4.78 is 5.32.